The van der Waals surface area contributed by atoms with Gasteiger partial charge in [-0.05, 0) is 67.0 Å². The first kappa shape index (κ1) is 22.1. The van der Waals surface area contributed by atoms with Crippen LogP contribution in [-0.4, -0.2) is 23.9 Å². The van der Waals surface area contributed by atoms with Crippen molar-refractivity contribution in [3.8, 4) is 10.4 Å². The number of benzene rings is 2. The van der Waals surface area contributed by atoms with Gasteiger partial charge in [0.1, 0.15) is 0 Å². The van der Waals surface area contributed by atoms with Gasteiger partial charge in [0.25, 0.3) is 11.8 Å². The molecule has 2 aromatic carbocycles. The van der Waals surface area contributed by atoms with E-state index in [1.807, 2.05) is 42.5 Å². The van der Waals surface area contributed by atoms with E-state index in [0.717, 1.165) is 51.8 Å². The smallest absolute Gasteiger partial charge is 0.251 e. The number of thiophene rings is 1. The zero-order valence-corrected chi connectivity index (χ0v) is 19.9. The molecule has 0 unspecified atom stereocenters. The Kier molecular flexibility index (Phi) is 6.77. The molecule has 0 spiro atoms. The Labute approximate surface area is 199 Å². The fourth-order valence-corrected chi connectivity index (χ4v) is 6.24. The molecule has 2 aliphatic rings. The highest BCUT2D eigenvalue weighted by Gasteiger charge is 2.18. The molecule has 1 heterocycles. The van der Waals surface area contributed by atoms with Crippen LogP contribution < -0.4 is 10.6 Å². The molecular weight excluding hydrogens is 428 g/mol. The van der Waals surface area contributed by atoms with Crippen LogP contribution in [0.1, 0.15) is 84.9 Å². The van der Waals surface area contributed by atoms with Gasteiger partial charge in [0.05, 0.1) is 0 Å². The van der Waals surface area contributed by atoms with E-state index in [2.05, 4.69) is 16.7 Å². The Bertz CT molecular complexity index is 1120. The van der Waals surface area contributed by atoms with E-state index in [9.17, 15) is 9.59 Å². The normalized spacial score (nSPS) is 17.7. The van der Waals surface area contributed by atoms with Gasteiger partial charge in [-0.1, -0.05) is 56.7 Å². The molecule has 5 rings (SSSR count). The predicted molar refractivity (Wildman–Crippen MR) is 136 cm³/mol. The number of rotatable bonds is 5. The summed E-state index contributed by atoms with van der Waals surface area (Å²) in [7, 11) is 0. The van der Waals surface area contributed by atoms with Gasteiger partial charge in [0.15, 0.2) is 0 Å². The molecule has 2 amide bonds. The highest BCUT2D eigenvalue weighted by Crippen LogP contribution is 2.34. The average Bonchev–Trinajstić information content (AvgIpc) is 3.29. The Hall–Kier alpha value is -2.66. The summed E-state index contributed by atoms with van der Waals surface area (Å²) >= 11 is 1.69. The van der Waals surface area contributed by atoms with Gasteiger partial charge in [-0.15, -0.1) is 11.3 Å². The molecule has 0 radical (unpaired) electrons. The quantitative estimate of drug-likeness (QED) is 0.445. The van der Waals surface area contributed by atoms with E-state index in [0.29, 0.717) is 17.6 Å². The minimum atomic E-state index is 0.0263. The SMILES string of the molecule is O=C(NC1CCCCC1)c1ccc(-c2cc3ccc(C(=O)NC4CCCCC4)cc3s2)cc1. The molecule has 2 N–H and O–H groups in total. The lowest BCUT2D eigenvalue weighted by Gasteiger charge is -2.22. The molecule has 3 aromatic rings. The number of fused-ring (bicyclic) bond motifs is 1. The van der Waals surface area contributed by atoms with E-state index in [4.69, 9.17) is 0 Å². The second-order valence-electron chi connectivity index (χ2n) is 9.56. The Morgan fingerprint density at radius 2 is 1.21 bits per heavy atom. The molecule has 5 heteroatoms. The zero-order valence-electron chi connectivity index (χ0n) is 19.1. The van der Waals surface area contributed by atoms with Gasteiger partial charge in [0, 0.05) is 32.8 Å². The molecule has 2 aliphatic carbocycles. The molecule has 2 fully saturated rings. The van der Waals surface area contributed by atoms with Crippen LogP contribution in [0.15, 0.2) is 48.5 Å². The van der Waals surface area contributed by atoms with Crippen molar-refractivity contribution in [2.75, 3.05) is 0 Å². The third-order valence-corrected chi connectivity index (χ3v) is 8.24. The van der Waals surface area contributed by atoms with E-state index in [1.165, 1.54) is 38.5 Å². The molecule has 2 saturated carbocycles. The molecule has 0 atom stereocenters. The van der Waals surface area contributed by atoms with Crippen molar-refractivity contribution in [2.24, 2.45) is 0 Å². The fraction of sp³-hybridized carbons (Fsp3) is 0.429. The Balaban J connectivity index is 1.27. The summed E-state index contributed by atoms with van der Waals surface area (Å²) in [5.74, 6) is 0.0606. The minimum absolute atomic E-state index is 0.0263. The first-order chi connectivity index (χ1) is 16.2. The maximum absolute atomic E-state index is 12.7. The van der Waals surface area contributed by atoms with Gasteiger partial charge in [-0.25, -0.2) is 0 Å². The maximum Gasteiger partial charge on any atom is 0.251 e. The van der Waals surface area contributed by atoms with Crippen LogP contribution in [0.2, 0.25) is 0 Å². The number of carbonyl (C=O) groups is 2. The highest BCUT2D eigenvalue weighted by molar-refractivity contribution is 7.22. The summed E-state index contributed by atoms with van der Waals surface area (Å²) in [5.41, 5.74) is 2.54. The van der Waals surface area contributed by atoms with Crippen molar-refractivity contribution in [1.29, 1.82) is 0 Å². The van der Waals surface area contributed by atoms with Crippen molar-refractivity contribution < 1.29 is 9.59 Å². The van der Waals surface area contributed by atoms with E-state index < -0.39 is 0 Å². The van der Waals surface area contributed by atoms with Crippen LogP contribution in [-0.2, 0) is 0 Å². The number of hydrogen-bond acceptors (Lipinski definition) is 3. The molecular formula is C28H32N2O2S. The van der Waals surface area contributed by atoms with Crippen LogP contribution >= 0.6 is 11.3 Å². The Morgan fingerprint density at radius 3 is 1.82 bits per heavy atom. The van der Waals surface area contributed by atoms with Crippen LogP contribution in [0.5, 0.6) is 0 Å². The maximum atomic E-state index is 12.7. The van der Waals surface area contributed by atoms with Crippen molar-refractivity contribution in [2.45, 2.75) is 76.3 Å². The third-order valence-electron chi connectivity index (χ3n) is 7.09. The van der Waals surface area contributed by atoms with Crippen LogP contribution in [0.4, 0.5) is 0 Å². The van der Waals surface area contributed by atoms with Crippen molar-refractivity contribution in [3.05, 3.63) is 59.7 Å². The summed E-state index contributed by atoms with van der Waals surface area (Å²) < 4.78 is 1.11. The number of carbonyl (C=O) groups excluding carboxylic acids is 2. The standard InChI is InChI=1S/C28H32N2O2S/c31-27(29-23-7-3-1-4-8-23)20-13-11-19(12-14-20)25-17-21-15-16-22(18-26(21)33-25)28(32)30-24-9-5-2-6-10-24/h11-18,23-24H,1-10H2,(H,29,31)(H,30,32). The van der Waals surface area contributed by atoms with Crippen LogP contribution in [0, 0.1) is 0 Å². The second kappa shape index (κ2) is 10.1. The topological polar surface area (TPSA) is 58.2 Å². The number of amides is 2. The van der Waals surface area contributed by atoms with Crippen molar-refractivity contribution in [1.82, 2.24) is 10.6 Å². The van der Waals surface area contributed by atoms with Gasteiger partial charge in [-0.3, -0.25) is 9.59 Å². The molecule has 33 heavy (non-hydrogen) atoms. The van der Waals surface area contributed by atoms with E-state index in [-0.39, 0.29) is 11.8 Å². The lowest BCUT2D eigenvalue weighted by molar-refractivity contribution is 0.0919. The van der Waals surface area contributed by atoms with Gasteiger partial charge in [-0.2, -0.15) is 0 Å². The lowest BCUT2D eigenvalue weighted by atomic mass is 9.95. The molecule has 172 valence electrons. The lowest BCUT2D eigenvalue weighted by Crippen LogP contribution is -2.36. The number of hydrogen-bond donors (Lipinski definition) is 2. The number of nitrogens with one attached hydrogen (secondary N) is 2. The first-order valence-electron chi connectivity index (χ1n) is 12.4. The summed E-state index contributed by atoms with van der Waals surface area (Å²) in [5, 5.41) is 7.54. The molecule has 0 saturated heterocycles. The predicted octanol–water partition coefficient (Wildman–Crippen LogP) is 6.69. The Morgan fingerprint density at radius 1 is 0.667 bits per heavy atom. The zero-order chi connectivity index (χ0) is 22.6. The summed E-state index contributed by atoms with van der Waals surface area (Å²) in [4.78, 5) is 26.5. The summed E-state index contributed by atoms with van der Waals surface area (Å²) in [6, 6.07) is 16.7. The second-order valence-corrected chi connectivity index (χ2v) is 10.6. The molecule has 4 nitrogen and oxygen atoms in total. The minimum Gasteiger partial charge on any atom is -0.349 e. The monoisotopic (exact) mass is 460 g/mol. The van der Waals surface area contributed by atoms with Gasteiger partial charge >= 0.3 is 0 Å². The fourth-order valence-electron chi connectivity index (χ4n) is 5.13. The first-order valence-corrected chi connectivity index (χ1v) is 13.2. The van der Waals surface area contributed by atoms with Gasteiger partial charge < -0.3 is 10.6 Å². The summed E-state index contributed by atoms with van der Waals surface area (Å²) in [6.07, 6.45) is 11.7. The largest absolute Gasteiger partial charge is 0.349 e. The molecule has 0 bridgehead atoms. The average molecular weight is 461 g/mol. The van der Waals surface area contributed by atoms with E-state index >= 15 is 0 Å². The highest BCUT2D eigenvalue weighted by atomic mass is 32.1. The van der Waals surface area contributed by atoms with Crippen molar-refractivity contribution in [3.63, 3.8) is 0 Å². The summed E-state index contributed by atoms with van der Waals surface area (Å²) in [6.45, 7) is 0. The van der Waals surface area contributed by atoms with Gasteiger partial charge in [0.2, 0.25) is 0 Å². The van der Waals surface area contributed by atoms with Crippen LogP contribution in [0.25, 0.3) is 20.5 Å². The van der Waals surface area contributed by atoms with E-state index in [1.54, 1.807) is 11.3 Å². The van der Waals surface area contributed by atoms with Crippen molar-refractivity contribution >= 4 is 33.2 Å². The third kappa shape index (κ3) is 5.30. The molecule has 1 aromatic heterocycles. The molecule has 0 aliphatic heterocycles. The van der Waals surface area contributed by atoms with Crippen LogP contribution in [0.3, 0.4) is 0 Å².